The van der Waals surface area contributed by atoms with Gasteiger partial charge in [-0.2, -0.15) is 0 Å². The first kappa shape index (κ1) is 9.83. The van der Waals surface area contributed by atoms with Crippen molar-refractivity contribution in [2.75, 3.05) is 19.5 Å². The average Bonchev–Trinajstić information content (AvgIpc) is 2.28. The fourth-order valence-electron chi connectivity index (χ4n) is 1.75. The second-order valence-electron chi connectivity index (χ2n) is 3.50. The first-order valence-electron chi connectivity index (χ1n) is 4.86. The Labute approximate surface area is 88.0 Å². The maximum absolute atomic E-state index is 11.3. The Bertz CT molecular complexity index is 401. The topological polar surface area (TPSA) is 61.5 Å². The lowest BCUT2D eigenvalue weighted by Crippen LogP contribution is -2.12. The minimum atomic E-state index is -0.366. The Balaban J connectivity index is 2.45. The molecule has 0 aromatic heterocycles. The largest absolute Gasteiger partial charge is 0.491 e. The number of nitrogen functional groups attached to an aromatic ring is 1. The first-order valence-corrected chi connectivity index (χ1v) is 4.86. The van der Waals surface area contributed by atoms with Gasteiger partial charge in [0.05, 0.1) is 25.0 Å². The van der Waals surface area contributed by atoms with Gasteiger partial charge in [0.2, 0.25) is 0 Å². The molecule has 0 fully saturated rings. The van der Waals surface area contributed by atoms with E-state index in [2.05, 4.69) is 4.74 Å². The molecule has 0 radical (unpaired) electrons. The molecule has 1 aromatic rings. The number of anilines is 1. The molecule has 0 saturated carbocycles. The highest BCUT2D eigenvalue weighted by Crippen LogP contribution is 2.32. The number of methoxy groups -OCH3 is 1. The van der Waals surface area contributed by atoms with E-state index in [1.54, 1.807) is 12.1 Å². The van der Waals surface area contributed by atoms with Gasteiger partial charge in [-0.05, 0) is 30.5 Å². The summed E-state index contributed by atoms with van der Waals surface area (Å²) in [5.74, 6) is 0.351. The zero-order chi connectivity index (χ0) is 10.8. The predicted octanol–water partition coefficient (Wildman–Crippen LogP) is 1.38. The lowest BCUT2D eigenvalue weighted by Gasteiger charge is -2.19. The molecule has 1 aliphatic heterocycles. The Hall–Kier alpha value is -1.71. The van der Waals surface area contributed by atoms with Gasteiger partial charge in [0, 0.05) is 0 Å². The van der Waals surface area contributed by atoms with Crippen LogP contribution in [0.25, 0.3) is 0 Å². The summed E-state index contributed by atoms with van der Waals surface area (Å²) >= 11 is 0. The van der Waals surface area contributed by atoms with Gasteiger partial charge in [-0.25, -0.2) is 4.79 Å². The van der Waals surface area contributed by atoms with Crippen LogP contribution in [0.3, 0.4) is 0 Å². The van der Waals surface area contributed by atoms with Crippen LogP contribution in [-0.4, -0.2) is 19.7 Å². The fourth-order valence-corrected chi connectivity index (χ4v) is 1.75. The van der Waals surface area contributed by atoms with E-state index >= 15 is 0 Å². The second-order valence-corrected chi connectivity index (χ2v) is 3.50. The third kappa shape index (κ3) is 1.75. The van der Waals surface area contributed by atoms with Crippen LogP contribution in [-0.2, 0) is 11.2 Å². The number of rotatable bonds is 1. The van der Waals surface area contributed by atoms with Gasteiger partial charge in [0.15, 0.2) is 0 Å². The van der Waals surface area contributed by atoms with E-state index in [1.165, 1.54) is 7.11 Å². The highest BCUT2D eigenvalue weighted by atomic mass is 16.5. The van der Waals surface area contributed by atoms with E-state index in [-0.39, 0.29) is 5.97 Å². The van der Waals surface area contributed by atoms with E-state index in [0.29, 0.717) is 23.6 Å². The van der Waals surface area contributed by atoms with Crippen LogP contribution in [0.2, 0.25) is 0 Å². The molecule has 0 bridgehead atoms. The molecule has 0 saturated heterocycles. The summed E-state index contributed by atoms with van der Waals surface area (Å²) in [6.07, 6.45) is 1.85. The van der Waals surface area contributed by atoms with Crippen LogP contribution in [0, 0.1) is 0 Å². The Morgan fingerprint density at radius 3 is 3.07 bits per heavy atom. The maximum Gasteiger partial charge on any atom is 0.337 e. The summed E-state index contributed by atoms with van der Waals surface area (Å²) in [4.78, 5) is 11.3. The smallest absolute Gasteiger partial charge is 0.337 e. The summed E-state index contributed by atoms with van der Waals surface area (Å²) in [7, 11) is 1.36. The number of fused-ring (bicyclic) bond motifs is 1. The lowest BCUT2D eigenvalue weighted by atomic mass is 10.0. The molecule has 15 heavy (non-hydrogen) atoms. The molecule has 80 valence electrons. The third-order valence-electron chi connectivity index (χ3n) is 2.45. The molecule has 4 heteroatoms. The van der Waals surface area contributed by atoms with Crippen molar-refractivity contribution < 1.29 is 14.3 Å². The number of benzene rings is 1. The second kappa shape index (κ2) is 3.81. The molecule has 1 aliphatic rings. The number of hydrogen-bond donors (Lipinski definition) is 1. The van der Waals surface area contributed by atoms with Crippen LogP contribution in [0.15, 0.2) is 12.1 Å². The molecule has 2 rings (SSSR count). The maximum atomic E-state index is 11.3. The van der Waals surface area contributed by atoms with Crippen molar-refractivity contribution in [1.29, 1.82) is 0 Å². The van der Waals surface area contributed by atoms with Crippen LogP contribution < -0.4 is 10.5 Å². The fraction of sp³-hybridized carbons (Fsp3) is 0.364. The Morgan fingerprint density at radius 1 is 1.53 bits per heavy atom. The van der Waals surface area contributed by atoms with E-state index in [4.69, 9.17) is 10.5 Å². The van der Waals surface area contributed by atoms with Gasteiger partial charge < -0.3 is 15.2 Å². The summed E-state index contributed by atoms with van der Waals surface area (Å²) < 4.78 is 10.1. The number of carbonyl (C=O) groups is 1. The minimum Gasteiger partial charge on any atom is -0.491 e. The zero-order valence-corrected chi connectivity index (χ0v) is 8.58. The molecule has 0 atom stereocenters. The van der Waals surface area contributed by atoms with Gasteiger partial charge >= 0.3 is 5.97 Å². The summed E-state index contributed by atoms with van der Waals surface area (Å²) in [6.45, 7) is 0.689. The summed E-state index contributed by atoms with van der Waals surface area (Å²) in [5, 5.41) is 0. The zero-order valence-electron chi connectivity index (χ0n) is 8.58. The number of carbonyl (C=O) groups excluding carboxylic acids is 1. The Morgan fingerprint density at radius 2 is 2.33 bits per heavy atom. The predicted molar refractivity (Wildman–Crippen MR) is 56.0 cm³/mol. The number of nitrogens with two attached hydrogens (primary N) is 1. The molecule has 0 spiro atoms. The van der Waals surface area contributed by atoms with Crippen LogP contribution in [0.1, 0.15) is 22.3 Å². The van der Waals surface area contributed by atoms with Gasteiger partial charge in [-0.1, -0.05) is 0 Å². The van der Waals surface area contributed by atoms with Crippen molar-refractivity contribution in [3.8, 4) is 5.75 Å². The molecule has 0 aliphatic carbocycles. The van der Waals surface area contributed by atoms with E-state index in [1.807, 2.05) is 0 Å². The molecule has 2 N–H and O–H groups in total. The molecular formula is C11H13NO3. The molecular weight excluding hydrogens is 194 g/mol. The van der Waals surface area contributed by atoms with Gasteiger partial charge in [-0.3, -0.25) is 0 Å². The van der Waals surface area contributed by atoms with E-state index < -0.39 is 0 Å². The molecule has 4 nitrogen and oxygen atoms in total. The molecule has 0 unspecified atom stereocenters. The van der Waals surface area contributed by atoms with Crippen molar-refractivity contribution in [3.63, 3.8) is 0 Å². The van der Waals surface area contributed by atoms with Gasteiger partial charge in [0.25, 0.3) is 0 Å². The number of aryl methyl sites for hydroxylation is 1. The highest BCUT2D eigenvalue weighted by Gasteiger charge is 2.17. The minimum absolute atomic E-state index is 0.366. The average molecular weight is 207 g/mol. The SMILES string of the molecule is COC(=O)c1cc(N)c2c(c1)CCCO2. The third-order valence-corrected chi connectivity index (χ3v) is 2.45. The number of ether oxygens (including phenoxy) is 2. The first-order chi connectivity index (χ1) is 7.22. The quantitative estimate of drug-likeness (QED) is 0.558. The summed E-state index contributed by atoms with van der Waals surface area (Å²) in [6, 6.07) is 3.38. The van der Waals surface area contributed by atoms with Crippen molar-refractivity contribution in [2.45, 2.75) is 12.8 Å². The van der Waals surface area contributed by atoms with Crippen LogP contribution in [0.4, 0.5) is 5.69 Å². The van der Waals surface area contributed by atoms with Crippen molar-refractivity contribution in [3.05, 3.63) is 23.3 Å². The highest BCUT2D eigenvalue weighted by molar-refractivity contribution is 5.91. The standard InChI is InChI=1S/C11H13NO3/c1-14-11(13)8-5-7-3-2-4-15-10(7)9(12)6-8/h5-6H,2-4,12H2,1H3. The number of esters is 1. The van der Waals surface area contributed by atoms with E-state index in [9.17, 15) is 4.79 Å². The monoisotopic (exact) mass is 207 g/mol. The normalized spacial score (nSPS) is 13.9. The van der Waals surface area contributed by atoms with Gasteiger partial charge in [0.1, 0.15) is 5.75 Å². The van der Waals surface area contributed by atoms with Crippen molar-refractivity contribution in [2.24, 2.45) is 0 Å². The number of hydrogen-bond acceptors (Lipinski definition) is 4. The molecule has 1 aromatic carbocycles. The lowest BCUT2D eigenvalue weighted by molar-refractivity contribution is 0.0600. The van der Waals surface area contributed by atoms with Crippen molar-refractivity contribution >= 4 is 11.7 Å². The van der Waals surface area contributed by atoms with E-state index in [0.717, 1.165) is 18.4 Å². The van der Waals surface area contributed by atoms with Gasteiger partial charge in [-0.15, -0.1) is 0 Å². The Kier molecular flexibility index (Phi) is 2.49. The van der Waals surface area contributed by atoms with Crippen LogP contribution in [0.5, 0.6) is 5.75 Å². The summed E-state index contributed by atoms with van der Waals surface area (Å²) in [5.41, 5.74) is 7.78. The van der Waals surface area contributed by atoms with Crippen molar-refractivity contribution in [1.82, 2.24) is 0 Å². The molecule has 0 amide bonds. The van der Waals surface area contributed by atoms with Crippen LogP contribution >= 0.6 is 0 Å². The molecule has 1 heterocycles.